The fraction of sp³-hybridized carbons (Fsp3) is 0.192. The average Bonchev–Trinajstić information content (AvgIpc) is 3.35. The molecule has 4 aromatic rings. The lowest BCUT2D eigenvalue weighted by atomic mass is 9.96. The fourth-order valence-corrected chi connectivity index (χ4v) is 4.08. The quantitative estimate of drug-likeness (QED) is 0.427. The number of nitrogens with one attached hydrogen (secondary N) is 1. The van der Waals surface area contributed by atoms with E-state index < -0.39 is 6.10 Å². The number of amides is 1. The number of nitrogens with zero attached hydrogens (tertiary/aromatic N) is 2. The second kappa shape index (κ2) is 9.85. The van der Waals surface area contributed by atoms with Crippen LogP contribution in [0.4, 0.5) is 0 Å². The van der Waals surface area contributed by atoms with Gasteiger partial charge in [0, 0.05) is 35.6 Å². The van der Waals surface area contributed by atoms with E-state index in [4.69, 9.17) is 0 Å². The van der Waals surface area contributed by atoms with Crippen LogP contribution < -0.4 is 5.32 Å². The van der Waals surface area contributed by atoms with Crippen LogP contribution in [0.25, 0.3) is 11.1 Å². The Morgan fingerprint density at radius 3 is 2.53 bits per heavy atom. The zero-order chi connectivity index (χ0) is 22.5. The summed E-state index contributed by atoms with van der Waals surface area (Å²) in [6.07, 6.45) is 3.32. The van der Waals surface area contributed by atoms with E-state index in [1.807, 2.05) is 74.0 Å². The Kier molecular flexibility index (Phi) is 6.73. The molecule has 0 fully saturated rings. The van der Waals surface area contributed by atoms with E-state index in [0.717, 1.165) is 27.9 Å². The van der Waals surface area contributed by atoms with Crippen LogP contribution in [0.2, 0.25) is 0 Å². The summed E-state index contributed by atoms with van der Waals surface area (Å²) in [4.78, 5) is 21.5. The van der Waals surface area contributed by atoms with Crippen molar-refractivity contribution in [2.75, 3.05) is 6.54 Å². The van der Waals surface area contributed by atoms with E-state index in [1.54, 1.807) is 12.3 Å². The minimum Gasteiger partial charge on any atom is -0.381 e. The highest BCUT2D eigenvalue weighted by molar-refractivity contribution is 7.09. The number of aliphatic hydroxyl groups excluding tert-OH is 1. The van der Waals surface area contributed by atoms with E-state index in [-0.39, 0.29) is 5.91 Å². The Hall–Kier alpha value is -3.35. The molecule has 0 radical (unpaired) electrons. The molecule has 5 nitrogen and oxygen atoms in total. The highest BCUT2D eigenvalue weighted by atomic mass is 32.1. The van der Waals surface area contributed by atoms with Crippen LogP contribution in [-0.2, 0) is 6.42 Å². The fourth-order valence-electron chi connectivity index (χ4n) is 3.43. The molecule has 0 aliphatic carbocycles. The number of hydrogen-bond donors (Lipinski definition) is 2. The van der Waals surface area contributed by atoms with E-state index >= 15 is 0 Å². The molecule has 0 aliphatic rings. The lowest BCUT2D eigenvalue weighted by Crippen LogP contribution is -2.26. The molecule has 1 unspecified atom stereocenters. The predicted octanol–water partition coefficient (Wildman–Crippen LogP) is 4.88. The number of aliphatic hydroxyl groups is 1. The first kappa shape index (κ1) is 21.9. The number of benzene rings is 2. The van der Waals surface area contributed by atoms with Crippen LogP contribution in [0.3, 0.4) is 0 Å². The summed E-state index contributed by atoms with van der Waals surface area (Å²) in [6.45, 7) is 4.49. The monoisotopic (exact) mass is 443 g/mol. The smallest absolute Gasteiger partial charge is 0.251 e. The summed E-state index contributed by atoms with van der Waals surface area (Å²) in [6, 6.07) is 17.6. The Morgan fingerprint density at radius 2 is 1.84 bits per heavy atom. The maximum atomic E-state index is 13.0. The zero-order valence-corrected chi connectivity index (χ0v) is 18.9. The van der Waals surface area contributed by atoms with Gasteiger partial charge in [-0.1, -0.05) is 35.9 Å². The normalized spacial score (nSPS) is 11.8. The molecule has 162 valence electrons. The highest BCUT2D eigenvalue weighted by Gasteiger charge is 2.17. The highest BCUT2D eigenvalue weighted by Crippen LogP contribution is 2.29. The third kappa shape index (κ3) is 5.28. The summed E-state index contributed by atoms with van der Waals surface area (Å²) in [5.41, 5.74) is 6.23. The van der Waals surface area contributed by atoms with Crippen LogP contribution in [0.1, 0.15) is 43.9 Å². The van der Waals surface area contributed by atoms with Gasteiger partial charge in [0.05, 0.1) is 0 Å². The van der Waals surface area contributed by atoms with Gasteiger partial charge in [-0.05, 0) is 66.8 Å². The molecule has 2 N–H and O–H groups in total. The number of rotatable bonds is 7. The van der Waals surface area contributed by atoms with Gasteiger partial charge < -0.3 is 10.4 Å². The molecule has 0 aliphatic heterocycles. The number of pyridine rings is 1. The minimum atomic E-state index is -0.884. The Labute approximate surface area is 191 Å². The summed E-state index contributed by atoms with van der Waals surface area (Å²) in [5, 5.41) is 16.3. The number of carbonyl (C=O) groups excluding carboxylic acids is 1. The van der Waals surface area contributed by atoms with Crippen molar-refractivity contribution in [2.24, 2.45) is 0 Å². The van der Waals surface area contributed by atoms with E-state index in [0.29, 0.717) is 29.1 Å². The maximum Gasteiger partial charge on any atom is 0.251 e. The lowest BCUT2D eigenvalue weighted by Gasteiger charge is -2.14. The largest absolute Gasteiger partial charge is 0.381 e. The van der Waals surface area contributed by atoms with Gasteiger partial charge in [-0.3, -0.25) is 9.78 Å². The molecular formula is C26H25N3O2S. The molecule has 1 atom stereocenters. The summed E-state index contributed by atoms with van der Waals surface area (Å²) in [5.74, 6) is -0.174. The van der Waals surface area contributed by atoms with Gasteiger partial charge in [-0.25, -0.2) is 4.98 Å². The van der Waals surface area contributed by atoms with Gasteiger partial charge in [-0.15, -0.1) is 11.3 Å². The van der Waals surface area contributed by atoms with Crippen molar-refractivity contribution in [1.29, 1.82) is 0 Å². The summed E-state index contributed by atoms with van der Waals surface area (Å²) in [7, 11) is 0. The average molecular weight is 444 g/mol. The van der Waals surface area contributed by atoms with Gasteiger partial charge in [0.2, 0.25) is 0 Å². The topological polar surface area (TPSA) is 75.1 Å². The third-order valence-electron chi connectivity index (χ3n) is 5.28. The molecule has 2 heterocycles. The molecule has 0 saturated carbocycles. The number of aryl methyl sites for hydroxylation is 2. The molecule has 2 aromatic heterocycles. The second-order valence-corrected chi connectivity index (χ2v) is 8.72. The minimum absolute atomic E-state index is 0.174. The number of aromatic nitrogens is 2. The number of thiazole rings is 1. The summed E-state index contributed by atoms with van der Waals surface area (Å²) < 4.78 is 0. The van der Waals surface area contributed by atoms with Crippen LogP contribution >= 0.6 is 11.3 Å². The van der Waals surface area contributed by atoms with Crippen molar-refractivity contribution < 1.29 is 9.90 Å². The molecule has 4 rings (SSSR count). The molecule has 1 amide bonds. The van der Waals surface area contributed by atoms with Crippen LogP contribution in [0.5, 0.6) is 0 Å². The van der Waals surface area contributed by atoms with Crippen molar-refractivity contribution in [3.8, 4) is 11.1 Å². The molecule has 32 heavy (non-hydrogen) atoms. The van der Waals surface area contributed by atoms with Gasteiger partial charge in [0.15, 0.2) is 0 Å². The first-order valence-electron chi connectivity index (χ1n) is 10.5. The van der Waals surface area contributed by atoms with E-state index in [9.17, 15) is 9.90 Å². The van der Waals surface area contributed by atoms with E-state index in [1.165, 1.54) is 11.3 Å². The van der Waals surface area contributed by atoms with Gasteiger partial charge in [0.1, 0.15) is 11.1 Å². The molecule has 0 saturated heterocycles. The first-order chi connectivity index (χ1) is 15.5. The van der Waals surface area contributed by atoms with Crippen molar-refractivity contribution >= 4 is 17.2 Å². The molecule has 6 heteroatoms. The SMILES string of the molecule is Cc1ccc(-c2cc(C(=O)NCCc3ccc(C)nc3)cc(C(O)c3nccs3)c2)cc1. The molecular weight excluding hydrogens is 418 g/mol. The Bertz CT molecular complexity index is 1190. The Balaban J connectivity index is 1.58. The Morgan fingerprint density at radius 1 is 1.03 bits per heavy atom. The van der Waals surface area contributed by atoms with Gasteiger partial charge in [-0.2, -0.15) is 0 Å². The maximum absolute atomic E-state index is 13.0. The van der Waals surface area contributed by atoms with Crippen molar-refractivity contribution in [3.63, 3.8) is 0 Å². The van der Waals surface area contributed by atoms with E-state index in [2.05, 4.69) is 15.3 Å². The number of hydrogen-bond acceptors (Lipinski definition) is 5. The van der Waals surface area contributed by atoms with Crippen molar-refractivity contribution in [2.45, 2.75) is 26.4 Å². The zero-order valence-electron chi connectivity index (χ0n) is 18.1. The lowest BCUT2D eigenvalue weighted by molar-refractivity contribution is 0.0954. The first-order valence-corrected chi connectivity index (χ1v) is 11.4. The molecule has 0 bridgehead atoms. The van der Waals surface area contributed by atoms with Gasteiger partial charge in [0.25, 0.3) is 5.91 Å². The number of carbonyl (C=O) groups is 1. The third-order valence-corrected chi connectivity index (χ3v) is 6.10. The van der Waals surface area contributed by atoms with Crippen molar-refractivity contribution in [3.05, 3.63) is 105 Å². The van der Waals surface area contributed by atoms with Crippen LogP contribution in [0.15, 0.2) is 72.4 Å². The van der Waals surface area contributed by atoms with Gasteiger partial charge >= 0.3 is 0 Å². The predicted molar refractivity (Wildman–Crippen MR) is 128 cm³/mol. The molecule has 2 aromatic carbocycles. The van der Waals surface area contributed by atoms with Crippen LogP contribution in [0, 0.1) is 13.8 Å². The second-order valence-electron chi connectivity index (χ2n) is 7.80. The standard InChI is InChI=1S/C26H25N3O2S/c1-17-3-7-20(8-4-17)21-13-22(24(30)26-28-11-12-32-26)15-23(14-21)25(31)27-10-9-19-6-5-18(2)29-16-19/h3-8,11-16,24,30H,9-10H2,1-2H3,(H,27,31). The summed E-state index contributed by atoms with van der Waals surface area (Å²) >= 11 is 1.39. The molecule has 0 spiro atoms. The van der Waals surface area contributed by atoms with Crippen molar-refractivity contribution in [1.82, 2.24) is 15.3 Å². The van der Waals surface area contributed by atoms with Crippen LogP contribution in [-0.4, -0.2) is 27.5 Å².